The fourth-order valence-electron chi connectivity index (χ4n) is 6.57. The summed E-state index contributed by atoms with van der Waals surface area (Å²) in [5.74, 6) is 0.314. The standard InChI is InChI=1S/C35H35ClN8O7/c1-37-30(46)18-50-28-15-19-13-21(3-6-26(19)42(2)34(28)49)39-31-25(36)16-38-35(41-31)43-11-9-22(10-12-43)51-23-4-5-24-20(14-23)17-44(33(24)48)27-7-8-29(45)40-32(27)47/h3-6,13-16,22,27H,7-12,17-18H2,1-2H3,(H,37,46)(H,38,39,41)(H,40,45,47). The van der Waals surface area contributed by atoms with E-state index in [2.05, 4.69) is 25.8 Å². The second-order valence-corrected chi connectivity index (χ2v) is 13.0. The molecule has 1 unspecified atom stereocenters. The van der Waals surface area contributed by atoms with Gasteiger partial charge in [-0.2, -0.15) is 4.98 Å². The molecule has 51 heavy (non-hydrogen) atoms. The van der Waals surface area contributed by atoms with Gasteiger partial charge in [0.2, 0.25) is 17.8 Å². The van der Waals surface area contributed by atoms with E-state index in [9.17, 15) is 24.0 Å². The predicted molar refractivity (Wildman–Crippen MR) is 187 cm³/mol. The Balaban J connectivity index is 0.984. The summed E-state index contributed by atoms with van der Waals surface area (Å²) in [6.45, 7) is 1.29. The van der Waals surface area contributed by atoms with Crippen molar-refractivity contribution in [2.75, 3.05) is 37.0 Å². The molecule has 3 N–H and O–H groups in total. The maximum absolute atomic E-state index is 13.0. The summed E-state index contributed by atoms with van der Waals surface area (Å²) in [4.78, 5) is 74.2. The van der Waals surface area contributed by atoms with Gasteiger partial charge < -0.3 is 34.5 Å². The van der Waals surface area contributed by atoms with Crippen LogP contribution in [0.3, 0.4) is 0 Å². The number of carbonyl (C=O) groups is 4. The van der Waals surface area contributed by atoms with Gasteiger partial charge in [-0.05, 0) is 54.4 Å². The first-order valence-corrected chi connectivity index (χ1v) is 16.9. The molecule has 5 heterocycles. The number of amides is 4. The number of nitrogens with one attached hydrogen (secondary N) is 3. The smallest absolute Gasteiger partial charge is 0.293 e. The van der Waals surface area contributed by atoms with E-state index in [1.165, 1.54) is 16.5 Å². The van der Waals surface area contributed by atoms with Gasteiger partial charge in [-0.25, -0.2) is 4.98 Å². The van der Waals surface area contributed by atoms with E-state index >= 15 is 0 Å². The first kappa shape index (κ1) is 33.8. The van der Waals surface area contributed by atoms with Gasteiger partial charge in [0.05, 0.1) is 11.7 Å². The van der Waals surface area contributed by atoms with E-state index in [1.807, 2.05) is 18.2 Å². The van der Waals surface area contributed by atoms with Crippen LogP contribution >= 0.6 is 11.6 Å². The number of benzene rings is 2. The molecule has 2 aromatic carbocycles. The largest absolute Gasteiger partial charge is 0.490 e. The molecule has 15 nitrogen and oxygen atoms in total. The molecule has 2 aromatic heterocycles. The summed E-state index contributed by atoms with van der Waals surface area (Å²) < 4.78 is 13.3. The molecule has 3 aliphatic rings. The fourth-order valence-corrected chi connectivity index (χ4v) is 6.71. The van der Waals surface area contributed by atoms with Crippen LogP contribution in [0, 0.1) is 0 Å². The van der Waals surface area contributed by atoms with Crippen LogP contribution in [0.5, 0.6) is 11.5 Å². The zero-order valence-electron chi connectivity index (χ0n) is 27.9. The monoisotopic (exact) mass is 714 g/mol. The Hall–Kier alpha value is -5.70. The first-order valence-electron chi connectivity index (χ1n) is 16.5. The SMILES string of the molecule is CNC(=O)COc1cc2cc(Nc3nc(N4CCC(Oc5ccc6c(c5)CN(C5CCC(=O)NC5=O)C6=O)CC4)ncc3Cl)ccc2n(C)c1=O. The number of anilines is 3. The third kappa shape index (κ3) is 6.88. The number of nitrogens with zero attached hydrogens (tertiary/aromatic N) is 5. The molecule has 1 atom stereocenters. The lowest BCUT2D eigenvalue weighted by Crippen LogP contribution is -2.52. The van der Waals surface area contributed by atoms with Crippen molar-refractivity contribution in [2.45, 2.75) is 44.4 Å². The van der Waals surface area contributed by atoms with Gasteiger partial charge in [-0.15, -0.1) is 0 Å². The predicted octanol–water partition coefficient (Wildman–Crippen LogP) is 2.66. The van der Waals surface area contributed by atoms with Crippen molar-refractivity contribution < 1.29 is 28.7 Å². The normalized spacial score (nSPS) is 17.7. The van der Waals surface area contributed by atoms with Crippen LogP contribution in [0.25, 0.3) is 10.9 Å². The Labute approximate surface area is 296 Å². The minimum Gasteiger partial charge on any atom is -0.490 e. The molecule has 0 radical (unpaired) electrons. The third-order valence-corrected chi connectivity index (χ3v) is 9.62. The van der Waals surface area contributed by atoms with Gasteiger partial charge in [0, 0.05) is 69.6 Å². The minimum atomic E-state index is -0.665. The lowest BCUT2D eigenvalue weighted by atomic mass is 10.0. The number of pyridine rings is 1. The van der Waals surface area contributed by atoms with E-state index in [0.717, 1.165) is 5.56 Å². The molecule has 0 bridgehead atoms. The highest BCUT2D eigenvalue weighted by atomic mass is 35.5. The van der Waals surface area contributed by atoms with Crippen LogP contribution in [0.2, 0.25) is 5.02 Å². The van der Waals surface area contributed by atoms with Gasteiger partial charge in [0.25, 0.3) is 17.4 Å². The Morgan fingerprint density at radius 1 is 1.06 bits per heavy atom. The van der Waals surface area contributed by atoms with E-state index in [0.29, 0.717) is 77.0 Å². The summed E-state index contributed by atoms with van der Waals surface area (Å²) in [6.07, 6.45) is 3.42. The Kier molecular flexibility index (Phi) is 9.21. The summed E-state index contributed by atoms with van der Waals surface area (Å²) >= 11 is 6.50. The second-order valence-electron chi connectivity index (χ2n) is 12.6. The number of piperidine rings is 2. The number of hydrogen-bond acceptors (Lipinski definition) is 11. The van der Waals surface area contributed by atoms with Crippen molar-refractivity contribution in [1.29, 1.82) is 0 Å². The van der Waals surface area contributed by atoms with Gasteiger partial charge >= 0.3 is 0 Å². The molecule has 0 saturated carbocycles. The van der Waals surface area contributed by atoms with Crippen LogP contribution in [-0.4, -0.2) is 82.0 Å². The number of halogens is 1. The molecule has 4 amide bonds. The van der Waals surface area contributed by atoms with Crippen molar-refractivity contribution in [3.05, 3.63) is 75.2 Å². The molecule has 3 aliphatic heterocycles. The van der Waals surface area contributed by atoms with Gasteiger partial charge in [-0.3, -0.25) is 29.3 Å². The molecule has 0 spiro atoms. The lowest BCUT2D eigenvalue weighted by Gasteiger charge is -2.32. The Bertz CT molecular complexity index is 2130. The fraction of sp³-hybridized carbons (Fsp3) is 0.343. The highest BCUT2D eigenvalue weighted by Gasteiger charge is 2.39. The van der Waals surface area contributed by atoms with Gasteiger partial charge in [0.1, 0.15) is 22.9 Å². The second kappa shape index (κ2) is 13.9. The number of aryl methyl sites for hydroxylation is 1. The summed E-state index contributed by atoms with van der Waals surface area (Å²) in [5, 5.41) is 9.09. The molecule has 0 aliphatic carbocycles. The highest BCUT2D eigenvalue weighted by molar-refractivity contribution is 6.33. The number of rotatable bonds is 9. The maximum atomic E-state index is 13.0. The molecule has 264 valence electrons. The zero-order valence-corrected chi connectivity index (χ0v) is 28.7. The number of carbonyl (C=O) groups excluding carboxylic acids is 4. The quantitative estimate of drug-likeness (QED) is 0.217. The number of hydrogen-bond donors (Lipinski definition) is 3. The molecule has 2 fully saturated rings. The van der Waals surface area contributed by atoms with Gasteiger partial charge in [0.15, 0.2) is 18.2 Å². The van der Waals surface area contributed by atoms with Crippen molar-refractivity contribution in [1.82, 2.24) is 30.1 Å². The van der Waals surface area contributed by atoms with E-state index < -0.39 is 11.9 Å². The summed E-state index contributed by atoms with van der Waals surface area (Å²) in [6, 6.07) is 11.8. The van der Waals surface area contributed by atoms with E-state index in [-0.39, 0.29) is 54.7 Å². The number of fused-ring (bicyclic) bond motifs is 2. The average Bonchev–Trinajstić information content (AvgIpc) is 3.45. The Morgan fingerprint density at radius 3 is 2.63 bits per heavy atom. The van der Waals surface area contributed by atoms with Crippen LogP contribution in [0.15, 0.2) is 53.5 Å². The Morgan fingerprint density at radius 2 is 1.86 bits per heavy atom. The number of ether oxygens (including phenoxy) is 2. The maximum Gasteiger partial charge on any atom is 0.293 e. The molecule has 16 heteroatoms. The molecule has 7 rings (SSSR count). The van der Waals surface area contributed by atoms with Crippen molar-refractivity contribution in [3.63, 3.8) is 0 Å². The average molecular weight is 715 g/mol. The number of imide groups is 1. The minimum absolute atomic E-state index is 0.0585. The van der Waals surface area contributed by atoms with Crippen LogP contribution < -0.4 is 35.9 Å². The van der Waals surface area contributed by atoms with Crippen LogP contribution in [0.1, 0.15) is 41.6 Å². The summed E-state index contributed by atoms with van der Waals surface area (Å²) in [5.41, 5.74) is 2.33. The van der Waals surface area contributed by atoms with Crippen molar-refractivity contribution in [3.8, 4) is 11.5 Å². The molecular formula is C35H35ClN8O7. The van der Waals surface area contributed by atoms with Crippen LogP contribution in [0.4, 0.5) is 17.5 Å². The topological polar surface area (TPSA) is 177 Å². The van der Waals surface area contributed by atoms with Crippen molar-refractivity contribution >= 4 is 63.6 Å². The van der Waals surface area contributed by atoms with Crippen LogP contribution in [-0.2, 0) is 28.0 Å². The number of likely N-dealkylation sites (N-methyl/N-ethyl adjacent to an activating group) is 1. The van der Waals surface area contributed by atoms with E-state index in [4.69, 9.17) is 26.1 Å². The molecule has 4 aromatic rings. The zero-order chi connectivity index (χ0) is 35.8. The van der Waals surface area contributed by atoms with Crippen molar-refractivity contribution in [2.24, 2.45) is 7.05 Å². The third-order valence-electron chi connectivity index (χ3n) is 9.35. The highest BCUT2D eigenvalue weighted by Crippen LogP contribution is 2.32. The van der Waals surface area contributed by atoms with Gasteiger partial charge in [-0.1, -0.05) is 11.6 Å². The summed E-state index contributed by atoms with van der Waals surface area (Å²) in [7, 11) is 3.13. The first-order chi connectivity index (χ1) is 24.6. The lowest BCUT2D eigenvalue weighted by molar-refractivity contribution is -0.137. The molecule has 2 saturated heterocycles. The molecular weight excluding hydrogens is 680 g/mol. The number of aromatic nitrogens is 3. The van der Waals surface area contributed by atoms with E-state index in [1.54, 1.807) is 37.5 Å².